The lowest BCUT2D eigenvalue weighted by molar-refractivity contribution is 0.136. The predicted molar refractivity (Wildman–Crippen MR) is 99.3 cm³/mol. The van der Waals surface area contributed by atoms with Crippen LogP contribution in [0.25, 0.3) is 0 Å². The summed E-state index contributed by atoms with van der Waals surface area (Å²) in [5.74, 6) is 0. The van der Waals surface area contributed by atoms with Crippen molar-refractivity contribution in [3.8, 4) is 0 Å². The second-order valence-corrected chi connectivity index (χ2v) is 6.32. The van der Waals surface area contributed by atoms with Gasteiger partial charge in [0.25, 0.3) is 0 Å². The van der Waals surface area contributed by atoms with E-state index in [-0.39, 0.29) is 12.8 Å². The van der Waals surface area contributed by atoms with Gasteiger partial charge >= 0.3 is 8.25 Å². The smallest absolute Gasteiger partial charge is 0.320 e. The standard InChI is InChI=1S/C18H21N2O5P/c21-19-13-11-17(15-7-3-1-4-8-15)24-26(23)25-18(12-14-20-22)16-9-5-2-6-10-16/h1-10,13-14,17-18,21-22,26H,11-12H2. The molecule has 2 unspecified atom stereocenters. The summed E-state index contributed by atoms with van der Waals surface area (Å²) in [6, 6.07) is 18.4. The first-order chi connectivity index (χ1) is 12.7. The third-order valence-electron chi connectivity index (χ3n) is 3.62. The van der Waals surface area contributed by atoms with Gasteiger partial charge in [-0.25, -0.2) is 0 Å². The molecule has 0 amide bonds. The molecular formula is C18H21N2O5P. The highest BCUT2D eigenvalue weighted by molar-refractivity contribution is 7.33. The minimum atomic E-state index is -2.88. The summed E-state index contributed by atoms with van der Waals surface area (Å²) in [6.07, 6.45) is 1.91. The molecule has 2 N–H and O–H groups in total. The molecule has 0 spiro atoms. The lowest BCUT2D eigenvalue weighted by Crippen LogP contribution is -2.05. The number of benzene rings is 2. The molecule has 0 aliphatic carbocycles. The Morgan fingerprint density at radius 2 is 1.19 bits per heavy atom. The summed E-state index contributed by atoms with van der Waals surface area (Å²) in [6.45, 7) is 0. The van der Waals surface area contributed by atoms with Gasteiger partial charge in [-0.15, -0.1) is 10.3 Å². The molecule has 0 aromatic heterocycles. The third kappa shape index (κ3) is 6.44. The van der Waals surface area contributed by atoms with E-state index in [0.29, 0.717) is 0 Å². The van der Waals surface area contributed by atoms with Gasteiger partial charge < -0.3 is 19.5 Å². The van der Waals surface area contributed by atoms with Crippen molar-refractivity contribution in [1.29, 1.82) is 0 Å². The maximum absolute atomic E-state index is 12.5. The Morgan fingerprint density at radius 1 is 0.808 bits per heavy atom. The molecule has 0 saturated carbocycles. The number of rotatable bonds is 10. The minimum absolute atomic E-state index is 0.244. The van der Waals surface area contributed by atoms with Crippen LogP contribution < -0.4 is 0 Å². The van der Waals surface area contributed by atoms with E-state index in [1.165, 1.54) is 12.4 Å². The zero-order valence-corrected chi connectivity index (χ0v) is 15.0. The Bertz CT molecular complexity index is 663. The number of hydrogen-bond donors (Lipinski definition) is 2. The van der Waals surface area contributed by atoms with Gasteiger partial charge in [0.05, 0.1) is 12.2 Å². The van der Waals surface area contributed by atoms with Gasteiger partial charge in [-0.1, -0.05) is 60.7 Å². The molecule has 0 fully saturated rings. The lowest BCUT2D eigenvalue weighted by Gasteiger charge is -2.20. The van der Waals surface area contributed by atoms with Gasteiger partial charge in [0.2, 0.25) is 0 Å². The average Bonchev–Trinajstić information content (AvgIpc) is 2.69. The molecule has 138 valence electrons. The van der Waals surface area contributed by atoms with Crippen LogP contribution in [0.4, 0.5) is 0 Å². The average molecular weight is 376 g/mol. The van der Waals surface area contributed by atoms with Crippen molar-refractivity contribution in [2.24, 2.45) is 10.3 Å². The van der Waals surface area contributed by atoms with Crippen LogP contribution >= 0.6 is 8.25 Å². The summed E-state index contributed by atoms with van der Waals surface area (Å²) >= 11 is 0. The highest BCUT2D eigenvalue weighted by Crippen LogP contribution is 2.40. The molecule has 0 heterocycles. The maximum atomic E-state index is 12.5. The van der Waals surface area contributed by atoms with Gasteiger partial charge in [-0.3, -0.25) is 4.57 Å². The first-order valence-electron chi connectivity index (χ1n) is 8.03. The molecule has 7 nitrogen and oxygen atoms in total. The molecule has 2 aromatic carbocycles. The highest BCUT2D eigenvalue weighted by Gasteiger charge is 2.19. The van der Waals surface area contributed by atoms with Crippen LogP contribution in [0.2, 0.25) is 0 Å². The SMILES string of the molecule is O=[PH](OC(CC=NO)c1ccccc1)OC(CC=NO)c1ccccc1. The summed E-state index contributed by atoms with van der Waals surface area (Å²) in [7, 11) is -2.88. The number of hydrogen-bond acceptors (Lipinski definition) is 7. The number of oxime groups is 2. The van der Waals surface area contributed by atoms with E-state index in [4.69, 9.17) is 19.5 Å². The van der Waals surface area contributed by atoms with E-state index >= 15 is 0 Å². The van der Waals surface area contributed by atoms with Crippen molar-refractivity contribution >= 4 is 20.7 Å². The molecule has 0 aliphatic rings. The van der Waals surface area contributed by atoms with Crippen molar-refractivity contribution < 1.29 is 24.0 Å². The van der Waals surface area contributed by atoms with Crippen molar-refractivity contribution in [1.82, 2.24) is 0 Å². The fourth-order valence-corrected chi connectivity index (χ4v) is 3.37. The van der Waals surface area contributed by atoms with Gasteiger partial charge in [0, 0.05) is 25.3 Å². The molecule has 2 rings (SSSR count). The molecule has 0 bridgehead atoms. The van der Waals surface area contributed by atoms with Crippen molar-refractivity contribution in [2.75, 3.05) is 0 Å². The summed E-state index contributed by atoms with van der Waals surface area (Å²) in [4.78, 5) is 0. The first-order valence-corrected chi connectivity index (χ1v) is 9.26. The van der Waals surface area contributed by atoms with Crippen molar-refractivity contribution in [3.63, 3.8) is 0 Å². The van der Waals surface area contributed by atoms with Crippen LogP contribution in [-0.2, 0) is 13.6 Å². The second-order valence-electron chi connectivity index (χ2n) is 5.35. The van der Waals surface area contributed by atoms with Crippen LogP contribution in [0.1, 0.15) is 36.2 Å². The van der Waals surface area contributed by atoms with Gasteiger partial charge in [0.1, 0.15) is 0 Å². The van der Waals surface area contributed by atoms with Crippen molar-refractivity contribution in [2.45, 2.75) is 25.0 Å². The minimum Gasteiger partial charge on any atom is -0.411 e. The van der Waals surface area contributed by atoms with Crippen LogP contribution in [0, 0.1) is 0 Å². The van der Waals surface area contributed by atoms with E-state index in [2.05, 4.69) is 10.3 Å². The molecule has 26 heavy (non-hydrogen) atoms. The summed E-state index contributed by atoms with van der Waals surface area (Å²) in [5, 5.41) is 23.3. The fraction of sp³-hybridized carbons (Fsp3) is 0.222. The molecule has 0 radical (unpaired) electrons. The summed E-state index contributed by atoms with van der Waals surface area (Å²) in [5.41, 5.74) is 1.59. The van der Waals surface area contributed by atoms with Gasteiger partial charge in [0.15, 0.2) is 0 Å². The predicted octanol–water partition coefficient (Wildman–Crippen LogP) is 4.59. The van der Waals surface area contributed by atoms with Crippen LogP contribution in [0.15, 0.2) is 71.0 Å². The topological polar surface area (TPSA) is 101 Å². The van der Waals surface area contributed by atoms with E-state index in [9.17, 15) is 4.57 Å². The summed E-state index contributed by atoms with van der Waals surface area (Å²) < 4.78 is 23.6. The molecule has 8 heteroatoms. The van der Waals surface area contributed by atoms with Gasteiger partial charge in [-0.05, 0) is 11.1 Å². The lowest BCUT2D eigenvalue weighted by atomic mass is 10.1. The van der Waals surface area contributed by atoms with Crippen LogP contribution in [0.3, 0.4) is 0 Å². The normalized spacial score (nSPS) is 15.2. The van der Waals surface area contributed by atoms with Crippen molar-refractivity contribution in [3.05, 3.63) is 71.8 Å². The monoisotopic (exact) mass is 376 g/mol. The zero-order chi connectivity index (χ0) is 18.6. The number of nitrogens with zero attached hydrogens (tertiary/aromatic N) is 2. The maximum Gasteiger partial charge on any atom is 0.320 e. The molecule has 0 aliphatic heterocycles. The van der Waals surface area contributed by atoms with Crippen LogP contribution in [-0.4, -0.2) is 22.8 Å². The molecule has 0 saturated heterocycles. The second kappa shape index (κ2) is 11.2. The third-order valence-corrected chi connectivity index (χ3v) is 4.58. The molecule has 2 atom stereocenters. The Balaban J connectivity index is 2.09. The van der Waals surface area contributed by atoms with E-state index in [0.717, 1.165) is 11.1 Å². The Hall–Kier alpha value is -2.47. The van der Waals surface area contributed by atoms with E-state index < -0.39 is 20.5 Å². The Labute approximate surface area is 152 Å². The Morgan fingerprint density at radius 3 is 1.54 bits per heavy atom. The quantitative estimate of drug-likeness (QED) is 0.273. The van der Waals surface area contributed by atoms with E-state index in [1.807, 2.05) is 60.7 Å². The van der Waals surface area contributed by atoms with Crippen LogP contribution in [0.5, 0.6) is 0 Å². The Kier molecular flexibility index (Phi) is 8.55. The van der Waals surface area contributed by atoms with Gasteiger partial charge in [-0.2, -0.15) is 0 Å². The first kappa shape index (κ1) is 19.8. The molecule has 2 aromatic rings. The molecular weight excluding hydrogens is 355 g/mol. The van der Waals surface area contributed by atoms with E-state index in [1.54, 1.807) is 0 Å². The fourth-order valence-electron chi connectivity index (χ4n) is 2.39. The zero-order valence-electron chi connectivity index (χ0n) is 14.0. The highest BCUT2D eigenvalue weighted by atomic mass is 31.1. The largest absolute Gasteiger partial charge is 0.411 e.